The SMILES string of the molecule is CC(C)c1ccnn1C.CC(C)c1cnn(C)c1. The third kappa shape index (κ3) is 4.02. The number of hydrogen-bond donors (Lipinski definition) is 0. The molecule has 0 aliphatic rings. The van der Waals surface area contributed by atoms with Gasteiger partial charge in [0.2, 0.25) is 0 Å². The summed E-state index contributed by atoms with van der Waals surface area (Å²) in [7, 11) is 3.90. The Morgan fingerprint density at radius 3 is 1.89 bits per heavy atom. The maximum absolute atomic E-state index is 4.05. The van der Waals surface area contributed by atoms with Crippen molar-refractivity contribution in [3.63, 3.8) is 0 Å². The summed E-state index contributed by atoms with van der Waals surface area (Å²) in [6, 6.07) is 2.05. The second kappa shape index (κ2) is 6.38. The maximum Gasteiger partial charge on any atom is 0.0524 e. The molecule has 0 aromatic carbocycles. The molecular formula is C14H24N4. The van der Waals surface area contributed by atoms with Crippen LogP contribution in [0, 0.1) is 0 Å². The van der Waals surface area contributed by atoms with Gasteiger partial charge >= 0.3 is 0 Å². The van der Waals surface area contributed by atoms with Crippen LogP contribution in [0.15, 0.2) is 24.7 Å². The van der Waals surface area contributed by atoms with Crippen molar-refractivity contribution < 1.29 is 0 Å². The zero-order valence-corrected chi connectivity index (χ0v) is 12.3. The molecule has 0 spiro atoms. The van der Waals surface area contributed by atoms with Gasteiger partial charge in [-0.1, -0.05) is 27.7 Å². The van der Waals surface area contributed by atoms with Crippen molar-refractivity contribution in [1.82, 2.24) is 19.6 Å². The quantitative estimate of drug-likeness (QED) is 0.818. The molecule has 0 radical (unpaired) electrons. The number of rotatable bonds is 2. The molecular weight excluding hydrogens is 224 g/mol. The van der Waals surface area contributed by atoms with Gasteiger partial charge in [0.1, 0.15) is 0 Å². The van der Waals surface area contributed by atoms with Gasteiger partial charge in [-0.3, -0.25) is 9.36 Å². The summed E-state index contributed by atoms with van der Waals surface area (Å²) in [4.78, 5) is 0. The van der Waals surface area contributed by atoms with Crippen molar-refractivity contribution in [3.05, 3.63) is 35.9 Å². The van der Waals surface area contributed by atoms with Gasteiger partial charge < -0.3 is 0 Å². The second-order valence-electron chi connectivity index (χ2n) is 5.14. The fourth-order valence-electron chi connectivity index (χ4n) is 1.69. The molecule has 0 N–H and O–H groups in total. The molecule has 2 rings (SSSR count). The molecule has 0 saturated carbocycles. The lowest BCUT2D eigenvalue weighted by molar-refractivity contribution is 0.669. The van der Waals surface area contributed by atoms with Gasteiger partial charge in [-0.05, 0) is 23.5 Å². The van der Waals surface area contributed by atoms with Gasteiger partial charge in [0.25, 0.3) is 0 Å². The summed E-state index contributed by atoms with van der Waals surface area (Å²) in [6.45, 7) is 8.65. The van der Waals surface area contributed by atoms with Crippen LogP contribution in [-0.2, 0) is 14.1 Å². The lowest BCUT2D eigenvalue weighted by Gasteiger charge is -2.02. The zero-order chi connectivity index (χ0) is 13.7. The van der Waals surface area contributed by atoms with E-state index in [0.29, 0.717) is 11.8 Å². The zero-order valence-electron chi connectivity index (χ0n) is 12.3. The van der Waals surface area contributed by atoms with E-state index in [-0.39, 0.29) is 0 Å². The molecule has 2 heterocycles. The molecule has 0 atom stereocenters. The van der Waals surface area contributed by atoms with E-state index in [0.717, 1.165) is 0 Å². The highest BCUT2D eigenvalue weighted by Crippen LogP contribution is 2.11. The third-order valence-electron chi connectivity index (χ3n) is 2.84. The molecule has 0 fully saturated rings. The summed E-state index contributed by atoms with van der Waals surface area (Å²) in [5.74, 6) is 1.18. The Labute approximate surface area is 110 Å². The van der Waals surface area contributed by atoms with Gasteiger partial charge in [0, 0.05) is 32.2 Å². The Morgan fingerprint density at radius 2 is 1.67 bits per heavy atom. The normalized spacial score (nSPS) is 10.7. The van der Waals surface area contributed by atoms with Crippen molar-refractivity contribution in [2.75, 3.05) is 0 Å². The fraction of sp³-hybridized carbons (Fsp3) is 0.571. The Morgan fingerprint density at radius 1 is 1.00 bits per heavy atom. The molecule has 2 aromatic rings. The average molecular weight is 248 g/mol. The Kier molecular flexibility index (Phi) is 5.13. The first-order chi connectivity index (χ1) is 8.41. The topological polar surface area (TPSA) is 35.6 Å². The van der Waals surface area contributed by atoms with E-state index >= 15 is 0 Å². The molecule has 0 aliphatic carbocycles. The van der Waals surface area contributed by atoms with E-state index in [1.165, 1.54) is 11.3 Å². The molecule has 4 heteroatoms. The van der Waals surface area contributed by atoms with Crippen LogP contribution in [-0.4, -0.2) is 19.6 Å². The predicted octanol–water partition coefficient (Wildman–Crippen LogP) is 3.09. The van der Waals surface area contributed by atoms with Gasteiger partial charge in [0.15, 0.2) is 0 Å². The van der Waals surface area contributed by atoms with Crippen LogP contribution in [0.25, 0.3) is 0 Å². The smallest absolute Gasteiger partial charge is 0.0524 e. The monoisotopic (exact) mass is 248 g/mol. The maximum atomic E-state index is 4.05. The highest BCUT2D eigenvalue weighted by atomic mass is 15.3. The van der Waals surface area contributed by atoms with E-state index in [1.54, 1.807) is 0 Å². The lowest BCUT2D eigenvalue weighted by Crippen LogP contribution is -1.98. The van der Waals surface area contributed by atoms with Gasteiger partial charge in [0.05, 0.1) is 6.20 Å². The van der Waals surface area contributed by atoms with Crippen LogP contribution in [0.4, 0.5) is 0 Å². The third-order valence-corrected chi connectivity index (χ3v) is 2.84. The molecule has 0 bridgehead atoms. The predicted molar refractivity (Wildman–Crippen MR) is 74.6 cm³/mol. The van der Waals surface area contributed by atoms with Gasteiger partial charge in [-0.25, -0.2) is 0 Å². The number of hydrogen-bond acceptors (Lipinski definition) is 2. The van der Waals surface area contributed by atoms with Crippen LogP contribution in [0.3, 0.4) is 0 Å². The van der Waals surface area contributed by atoms with Crippen molar-refractivity contribution >= 4 is 0 Å². The van der Waals surface area contributed by atoms with Gasteiger partial charge in [-0.2, -0.15) is 10.2 Å². The minimum absolute atomic E-state index is 0.581. The summed E-state index contributed by atoms with van der Waals surface area (Å²) >= 11 is 0. The summed E-state index contributed by atoms with van der Waals surface area (Å²) in [5.41, 5.74) is 2.59. The van der Waals surface area contributed by atoms with E-state index in [9.17, 15) is 0 Å². The Hall–Kier alpha value is -1.58. The van der Waals surface area contributed by atoms with Crippen molar-refractivity contribution in [2.24, 2.45) is 14.1 Å². The summed E-state index contributed by atoms with van der Waals surface area (Å²) < 4.78 is 3.74. The van der Waals surface area contributed by atoms with Crippen LogP contribution >= 0.6 is 0 Å². The Balaban J connectivity index is 0.000000180. The second-order valence-corrected chi connectivity index (χ2v) is 5.14. The van der Waals surface area contributed by atoms with Crippen molar-refractivity contribution in [3.8, 4) is 0 Å². The minimum Gasteiger partial charge on any atom is -0.276 e. The van der Waals surface area contributed by atoms with Crippen LogP contribution in [0.2, 0.25) is 0 Å². The molecule has 0 unspecified atom stereocenters. The number of aryl methyl sites for hydroxylation is 2. The fourth-order valence-corrected chi connectivity index (χ4v) is 1.69. The number of nitrogens with zero attached hydrogens (tertiary/aromatic N) is 4. The van der Waals surface area contributed by atoms with Crippen LogP contribution < -0.4 is 0 Å². The van der Waals surface area contributed by atoms with E-state index in [2.05, 4.69) is 37.9 Å². The Bertz CT molecular complexity index is 466. The van der Waals surface area contributed by atoms with Crippen LogP contribution in [0.5, 0.6) is 0 Å². The molecule has 100 valence electrons. The van der Waals surface area contributed by atoms with Gasteiger partial charge in [-0.15, -0.1) is 0 Å². The van der Waals surface area contributed by atoms with E-state index in [4.69, 9.17) is 0 Å². The summed E-state index contributed by atoms with van der Waals surface area (Å²) in [6.07, 6.45) is 5.78. The first-order valence-electron chi connectivity index (χ1n) is 6.38. The molecule has 18 heavy (non-hydrogen) atoms. The van der Waals surface area contributed by atoms with Crippen LogP contribution in [0.1, 0.15) is 50.8 Å². The van der Waals surface area contributed by atoms with Crippen molar-refractivity contribution in [1.29, 1.82) is 0 Å². The van der Waals surface area contributed by atoms with E-state index < -0.39 is 0 Å². The number of aromatic nitrogens is 4. The highest BCUT2D eigenvalue weighted by Gasteiger charge is 2.01. The standard InChI is InChI=1S/2C7H12N2/c1-6(2)7-4-8-9(3)5-7;1-6(2)7-4-5-8-9(7)3/h2*4-6H,1-3H3. The minimum atomic E-state index is 0.581. The largest absolute Gasteiger partial charge is 0.276 e. The molecule has 0 amide bonds. The van der Waals surface area contributed by atoms with E-state index in [1.807, 2.05) is 48.1 Å². The molecule has 2 aromatic heterocycles. The lowest BCUT2D eigenvalue weighted by atomic mass is 10.1. The molecule has 0 aliphatic heterocycles. The van der Waals surface area contributed by atoms with Crippen molar-refractivity contribution in [2.45, 2.75) is 39.5 Å². The first kappa shape index (κ1) is 14.5. The average Bonchev–Trinajstić information content (AvgIpc) is 2.87. The summed E-state index contributed by atoms with van der Waals surface area (Å²) in [5, 5.41) is 8.11. The molecule has 4 nitrogen and oxygen atoms in total. The molecule has 0 saturated heterocycles. The highest BCUT2D eigenvalue weighted by molar-refractivity contribution is 5.08. The first-order valence-corrected chi connectivity index (χ1v) is 6.38.